The summed E-state index contributed by atoms with van der Waals surface area (Å²) in [4.78, 5) is 28.2. The largest absolute Gasteiger partial charge is 0.497 e. The van der Waals surface area contributed by atoms with Crippen LogP contribution in [0.3, 0.4) is 0 Å². The van der Waals surface area contributed by atoms with Gasteiger partial charge in [0.1, 0.15) is 5.75 Å². The number of hydrogen-bond acceptors (Lipinski definition) is 8. The Labute approximate surface area is 249 Å². The van der Waals surface area contributed by atoms with E-state index in [2.05, 4.69) is 10.3 Å². The number of benzene rings is 2. The Kier molecular flexibility index (Phi) is 8.74. The van der Waals surface area contributed by atoms with Gasteiger partial charge in [-0.2, -0.15) is 0 Å². The molecule has 3 heterocycles. The van der Waals surface area contributed by atoms with E-state index in [4.69, 9.17) is 14.6 Å². The molecule has 4 aromatic rings. The van der Waals surface area contributed by atoms with Crippen molar-refractivity contribution < 1.29 is 24.5 Å². The first-order valence-electron chi connectivity index (χ1n) is 14.0. The lowest BCUT2D eigenvalue weighted by atomic mass is 9.83. The molecule has 0 unspecified atom stereocenters. The van der Waals surface area contributed by atoms with Crippen LogP contribution in [0.4, 0.5) is 5.69 Å². The predicted molar refractivity (Wildman–Crippen MR) is 160 cm³/mol. The number of fused-ring (bicyclic) bond motifs is 1. The topological polar surface area (TPSA) is 132 Å². The molecule has 1 aliphatic heterocycles. The van der Waals surface area contributed by atoms with Gasteiger partial charge in [0, 0.05) is 49.1 Å². The van der Waals surface area contributed by atoms with Gasteiger partial charge in [-0.25, -0.2) is 0 Å². The number of aliphatic hydroxyl groups excluding tert-OH is 1. The van der Waals surface area contributed by atoms with Crippen LogP contribution >= 0.6 is 0 Å². The highest BCUT2D eigenvalue weighted by Gasteiger charge is 2.52. The van der Waals surface area contributed by atoms with Gasteiger partial charge in [0.05, 0.1) is 32.1 Å². The van der Waals surface area contributed by atoms with Crippen molar-refractivity contribution in [3.8, 4) is 17.2 Å². The molecule has 11 heteroatoms. The summed E-state index contributed by atoms with van der Waals surface area (Å²) < 4.78 is 13.8. The van der Waals surface area contributed by atoms with Crippen molar-refractivity contribution >= 4 is 11.6 Å². The number of methoxy groups -OCH3 is 2. The Morgan fingerprint density at radius 3 is 2.58 bits per heavy atom. The molecule has 2 aromatic carbocycles. The molecule has 5 rings (SSSR count). The van der Waals surface area contributed by atoms with Crippen LogP contribution in [-0.4, -0.2) is 56.5 Å². The Morgan fingerprint density at radius 2 is 1.86 bits per heavy atom. The van der Waals surface area contributed by atoms with Crippen LogP contribution in [0.2, 0.25) is 0 Å². The minimum Gasteiger partial charge on any atom is -0.497 e. The molecule has 11 nitrogen and oxygen atoms in total. The number of aryl methyl sites for hydroxylation is 1. The zero-order valence-electron chi connectivity index (χ0n) is 24.4. The van der Waals surface area contributed by atoms with E-state index < -0.39 is 17.4 Å². The van der Waals surface area contributed by atoms with Crippen LogP contribution in [0.5, 0.6) is 11.5 Å². The molecule has 0 spiro atoms. The normalized spacial score (nSPS) is 17.0. The summed E-state index contributed by atoms with van der Waals surface area (Å²) in [5, 5.41) is 29.2. The first-order chi connectivity index (χ1) is 20.8. The summed E-state index contributed by atoms with van der Waals surface area (Å²) >= 11 is 0. The lowest BCUT2D eigenvalue weighted by molar-refractivity contribution is -0.139. The van der Waals surface area contributed by atoms with E-state index in [-0.39, 0.29) is 24.5 Å². The number of aliphatic hydroxyl groups is 2. The maximum Gasteiger partial charge on any atom is 0.297 e. The fourth-order valence-electron chi connectivity index (χ4n) is 5.31. The van der Waals surface area contributed by atoms with Gasteiger partial charge in [0.25, 0.3) is 11.5 Å². The molecule has 0 radical (unpaired) electrons. The molecule has 1 amide bonds. The molecule has 0 saturated heterocycles. The second kappa shape index (κ2) is 12.6. The van der Waals surface area contributed by atoms with E-state index in [9.17, 15) is 14.7 Å². The van der Waals surface area contributed by atoms with Crippen molar-refractivity contribution in [1.29, 1.82) is 0 Å². The summed E-state index contributed by atoms with van der Waals surface area (Å²) in [6.45, 7) is 2.63. The van der Waals surface area contributed by atoms with Crippen LogP contribution in [-0.2, 0) is 29.9 Å². The van der Waals surface area contributed by atoms with Crippen molar-refractivity contribution in [3.63, 3.8) is 0 Å². The van der Waals surface area contributed by atoms with Crippen LogP contribution in [0.15, 0.2) is 83.9 Å². The minimum atomic E-state index is -1.80. The number of amides is 1. The van der Waals surface area contributed by atoms with Gasteiger partial charge in [0.15, 0.2) is 11.4 Å². The fourth-order valence-corrected chi connectivity index (χ4v) is 5.31. The SMILES string of the molecule is COc1ccc2c(c1)[C@](O)([C@@H](C)/C=C/CCn1cc(CCO)nn1)C(=O)N2Cc1ccc(-n2cccc(OC)c2=O)cc1. The average molecular weight is 586 g/mol. The van der Waals surface area contributed by atoms with Crippen LogP contribution in [0, 0.1) is 5.92 Å². The first-order valence-corrected chi connectivity index (χ1v) is 14.0. The van der Waals surface area contributed by atoms with Crippen LogP contribution in [0.25, 0.3) is 5.69 Å². The van der Waals surface area contributed by atoms with Crippen molar-refractivity contribution in [1.82, 2.24) is 19.6 Å². The quantitative estimate of drug-likeness (QED) is 0.243. The number of hydrogen-bond donors (Lipinski definition) is 2. The number of pyridine rings is 1. The van der Waals surface area contributed by atoms with Gasteiger partial charge < -0.3 is 24.6 Å². The molecular formula is C32H35N5O6. The molecule has 2 atom stereocenters. The molecule has 1 aliphatic rings. The molecule has 43 heavy (non-hydrogen) atoms. The van der Waals surface area contributed by atoms with E-state index in [1.54, 1.807) is 59.4 Å². The fraction of sp³-hybridized carbons (Fsp3) is 0.312. The van der Waals surface area contributed by atoms with E-state index in [1.807, 2.05) is 43.3 Å². The number of ether oxygens (including phenoxy) is 2. The highest BCUT2D eigenvalue weighted by molar-refractivity contribution is 6.07. The van der Waals surface area contributed by atoms with Gasteiger partial charge in [-0.05, 0) is 54.4 Å². The Hall–Kier alpha value is -4.74. The number of carbonyl (C=O) groups excluding carboxylic acids is 1. The lowest BCUT2D eigenvalue weighted by Crippen LogP contribution is -2.44. The van der Waals surface area contributed by atoms with E-state index >= 15 is 0 Å². The summed E-state index contributed by atoms with van der Waals surface area (Å²) in [7, 11) is 3.00. The van der Waals surface area contributed by atoms with E-state index in [0.717, 1.165) is 11.3 Å². The summed E-state index contributed by atoms with van der Waals surface area (Å²) in [6, 6.07) is 16.0. The average Bonchev–Trinajstić information content (AvgIpc) is 3.56. The molecule has 0 saturated carbocycles. The first kappa shape index (κ1) is 29.7. The minimum absolute atomic E-state index is 0.0159. The molecule has 224 valence electrons. The Morgan fingerprint density at radius 1 is 1.07 bits per heavy atom. The molecule has 0 fully saturated rings. The number of nitrogens with zero attached hydrogens (tertiary/aromatic N) is 5. The predicted octanol–water partition coefficient (Wildman–Crippen LogP) is 3.00. The standard InChI is InChI=1S/C32H35N5O6/c1-22(7-4-5-16-35-21-24(15-18-38)33-34-35)32(41)27-19-26(42-2)13-14-28(27)37(31(32)40)20-23-9-11-25(12-10-23)36-17-6-8-29(43-3)30(36)39/h4,6-14,17,19,21-22,38,41H,5,15-16,18,20H2,1-3H3/b7-4+/t22-,32+/m0/s1. The van der Waals surface area contributed by atoms with Gasteiger partial charge in [-0.3, -0.25) is 18.8 Å². The van der Waals surface area contributed by atoms with Gasteiger partial charge in [-0.15, -0.1) is 5.10 Å². The van der Waals surface area contributed by atoms with Crippen molar-refractivity contribution in [2.75, 3.05) is 25.7 Å². The summed E-state index contributed by atoms with van der Waals surface area (Å²) in [5.74, 6) is -0.181. The zero-order chi connectivity index (χ0) is 30.6. The van der Waals surface area contributed by atoms with Crippen molar-refractivity contribution in [2.24, 2.45) is 5.92 Å². The van der Waals surface area contributed by atoms with Gasteiger partial charge >= 0.3 is 0 Å². The molecule has 0 bridgehead atoms. The summed E-state index contributed by atoms with van der Waals surface area (Å²) in [5.41, 5.74) is 1.25. The smallest absolute Gasteiger partial charge is 0.297 e. The monoisotopic (exact) mass is 585 g/mol. The molecule has 0 aliphatic carbocycles. The van der Waals surface area contributed by atoms with Crippen molar-refractivity contribution in [3.05, 3.63) is 106 Å². The Bertz CT molecular complexity index is 1680. The van der Waals surface area contributed by atoms with E-state index in [1.165, 1.54) is 11.7 Å². The second-order valence-corrected chi connectivity index (χ2v) is 10.4. The number of anilines is 1. The third-order valence-corrected chi connectivity index (χ3v) is 7.73. The van der Waals surface area contributed by atoms with Crippen LogP contribution in [0.1, 0.15) is 30.2 Å². The molecule has 2 aromatic heterocycles. The van der Waals surface area contributed by atoms with E-state index in [0.29, 0.717) is 42.1 Å². The molecule has 2 N–H and O–H groups in total. The van der Waals surface area contributed by atoms with Gasteiger partial charge in [-0.1, -0.05) is 36.4 Å². The summed E-state index contributed by atoms with van der Waals surface area (Å²) in [6.07, 6.45) is 8.30. The maximum absolute atomic E-state index is 14.0. The number of allylic oxidation sites excluding steroid dienone is 1. The zero-order valence-corrected chi connectivity index (χ0v) is 24.4. The molecular weight excluding hydrogens is 550 g/mol. The lowest BCUT2D eigenvalue weighted by Gasteiger charge is -2.28. The number of aromatic nitrogens is 4. The van der Waals surface area contributed by atoms with Gasteiger partial charge in [0.2, 0.25) is 0 Å². The third kappa shape index (κ3) is 5.81. The Balaban J connectivity index is 1.36. The second-order valence-electron chi connectivity index (χ2n) is 10.4. The highest BCUT2D eigenvalue weighted by Crippen LogP contribution is 2.47. The van der Waals surface area contributed by atoms with Crippen LogP contribution < -0.4 is 19.9 Å². The highest BCUT2D eigenvalue weighted by atomic mass is 16.5. The number of carbonyl (C=O) groups is 1. The third-order valence-electron chi connectivity index (χ3n) is 7.73. The van der Waals surface area contributed by atoms with Crippen molar-refractivity contribution in [2.45, 2.75) is 38.5 Å². The maximum atomic E-state index is 14.0. The number of rotatable bonds is 12.